The van der Waals surface area contributed by atoms with Gasteiger partial charge < -0.3 is 0 Å². The van der Waals surface area contributed by atoms with E-state index in [1.165, 1.54) is 0 Å². The van der Waals surface area contributed by atoms with Gasteiger partial charge >= 0.3 is 80.1 Å². The molecule has 0 radical (unpaired) electrons. The van der Waals surface area contributed by atoms with Gasteiger partial charge in [-0.05, 0) is 0 Å². The molecule has 0 saturated heterocycles. The molecular weight excluding hydrogens is 172 g/mol. The van der Waals surface area contributed by atoms with E-state index in [-0.39, 0.29) is 0 Å². The Kier molecular flexibility index (Phi) is 721. The molecule has 0 heterocycles. The number of hydrogen-bond donors (Lipinski definition) is 0. The van der Waals surface area contributed by atoms with Crippen molar-refractivity contribution in [2.24, 2.45) is 0 Å². The number of rotatable bonds is 0. The Morgan fingerprint density at radius 1 is 0.375 bits per heavy atom. The molecule has 0 aliphatic rings. The van der Waals surface area contributed by atoms with E-state index in [4.69, 9.17) is 15.2 Å². The standard InChI is InChI=1S/4Al.4O.4H. The van der Waals surface area contributed by atoms with Crippen molar-refractivity contribution in [2.45, 2.75) is 0 Å². The quantitative estimate of drug-likeness (QED) is 0.367. The zero-order chi connectivity index (χ0) is 8.00. The first-order valence-corrected chi connectivity index (χ1v) is 3.46. The summed E-state index contributed by atoms with van der Waals surface area (Å²) in [6, 6.07) is 0. The SMILES string of the molecule is [O]=[AlH].[O]=[AlH].[O]=[AlH].[O]=[AlH]. The predicted octanol–water partition coefficient (Wildman–Crippen LogP) is -3.07. The van der Waals surface area contributed by atoms with Crippen molar-refractivity contribution >= 4 is 64.9 Å². The summed E-state index contributed by atoms with van der Waals surface area (Å²) < 4.78 is 33.1. The Labute approximate surface area is 79.5 Å². The van der Waals surface area contributed by atoms with Crippen LogP contribution in [-0.2, 0) is 15.2 Å². The van der Waals surface area contributed by atoms with Crippen LogP contribution < -0.4 is 0 Å². The molecule has 8 heavy (non-hydrogen) atoms. The van der Waals surface area contributed by atoms with Crippen LogP contribution >= 0.6 is 0 Å². The fourth-order valence-electron chi connectivity index (χ4n) is 0. The molecule has 0 bridgehead atoms. The Morgan fingerprint density at radius 3 is 0.375 bits per heavy atom. The second-order valence-electron chi connectivity index (χ2n) is 0. The van der Waals surface area contributed by atoms with E-state index in [0.29, 0.717) is 64.9 Å². The van der Waals surface area contributed by atoms with Crippen molar-refractivity contribution in [3.8, 4) is 0 Å². The van der Waals surface area contributed by atoms with E-state index < -0.39 is 0 Å². The van der Waals surface area contributed by atoms with E-state index in [1.54, 1.807) is 0 Å². The predicted molar refractivity (Wildman–Crippen MR) is 31.3 cm³/mol. The van der Waals surface area contributed by atoms with Gasteiger partial charge in [0.25, 0.3) is 0 Å². The van der Waals surface area contributed by atoms with Crippen LogP contribution in [0.3, 0.4) is 0 Å². The topological polar surface area (TPSA) is 68.3 Å². The fraction of sp³-hybridized carbons (Fsp3) is 0. The Morgan fingerprint density at radius 2 is 0.375 bits per heavy atom. The summed E-state index contributed by atoms with van der Waals surface area (Å²) in [4.78, 5) is 0. The molecule has 0 fully saturated rings. The van der Waals surface area contributed by atoms with Gasteiger partial charge in [-0.25, -0.2) is 0 Å². The van der Waals surface area contributed by atoms with Crippen molar-refractivity contribution in [2.75, 3.05) is 0 Å². The van der Waals surface area contributed by atoms with Gasteiger partial charge in [0.2, 0.25) is 0 Å². The van der Waals surface area contributed by atoms with Crippen LogP contribution in [0, 0.1) is 0 Å². The molecule has 8 heteroatoms. The minimum atomic E-state index is 0.611. The molecule has 0 aromatic heterocycles. The van der Waals surface area contributed by atoms with Gasteiger partial charge in [0.15, 0.2) is 0 Å². The Bertz CT molecular complexity index is 16.0. The van der Waals surface area contributed by atoms with Crippen LogP contribution in [0.25, 0.3) is 0 Å². The molecule has 0 N–H and O–H groups in total. The Balaban J connectivity index is -0.0000000133. The summed E-state index contributed by atoms with van der Waals surface area (Å²) in [5, 5.41) is 0. The summed E-state index contributed by atoms with van der Waals surface area (Å²) in [6.07, 6.45) is 0. The normalized spacial score (nSPS) is 1.50. The van der Waals surface area contributed by atoms with Crippen molar-refractivity contribution in [1.82, 2.24) is 0 Å². The van der Waals surface area contributed by atoms with Crippen molar-refractivity contribution in [3.05, 3.63) is 0 Å². The summed E-state index contributed by atoms with van der Waals surface area (Å²) in [5.41, 5.74) is 0. The first-order valence-electron chi connectivity index (χ1n) is 1.15. The molecule has 0 saturated carbocycles. The van der Waals surface area contributed by atoms with Crippen LogP contribution in [0.2, 0.25) is 0 Å². The van der Waals surface area contributed by atoms with Crippen LogP contribution in [0.5, 0.6) is 0 Å². The average molecular weight is 176 g/mol. The molecule has 0 aromatic rings. The summed E-state index contributed by atoms with van der Waals surface area (Å²) in [6.45, 7) is 0. The summed E-state index contributed by atoms with van der Waals surface area (Å²) >= 11 is 2.44. The second-order valence-corrected chi connectivity index (χ2v) is 0. The fourth-order valence-corrected chi connectivity index (χ4v) is 0. The van der Waals surface area contributed by atoms with Crippen LogP contribution in [-0.4, -0.2) is 64.9 Å². The maximum atomic E-state index is 8.28. The van der Waals surface area contributed by atoms with Crippen LogP contribution in [0.4, 0.5) is 0 Å². The van der Waals surface area contributed by atoms with Crippen LogP contribution in [0.15, 0.2) is 0 Å². The average Bonchev–Trinajstić information content (AvgIpc) is 2.03. The third kappa shape index (κ3) is 166. The molecule has 0 unspecified atom stereocenters. The van der Waals surface area contributed by atoms with Crippen LogP contribution in [0.1, 0.15) is 0 Å². The van der Waals surface area contributed by atoms with Crippen molar-refractivity contribution in [3.63, 3.8) is 0 Å². The molecule has 40 valence electrons. The van der Waals surface area contributed by atoms with Crippen molar-refractivity contribution in [1.29, 1.82) is 0 Å². The monoisotopic (exact) mass is 176 g/mol. The van der Waals surface area contributed by atoms with Gasteiger partial charge in [0.1, 0.15) is 0 Å². The third-order valence-electron chi connectivity index (χ3n) is 0. The van der Waals surface area contributed by atoms with Gasteiger partial charge in [-0.15, -0.1) is 0 Å². The number of hydrogen-bond acceptors (Lipinski definition) is 4. The van der Waals surface area contributed by atoms with Gasteiger partial charge in [0, 0.05) is 0 Å². The van der Waals surface area contributed by atoms with Gasteiger partial charge in [0.05, 0.1) is 0 Å². The van der Waals surface area contributed by atoms with E-state index in [2.05, 4.69) is 0 Å². The summed E-state index contributed by atoms with van der Waals surface area (Å²) in [7, 11) is 0. The van der Waals surface area contributed by atoms with E-state index in [1.807, 2.05) is 0 Å². The third-order valence-corrected chi connectivity index (χ3v) is 0. The molecule has 0 spiro atoms. The maximum absolute atomic E-state index is 8.28. The van der Waals surface area contributed by atoms with Gasteiger partial charge in [-0.3, -0.25) is 0 Å². The van der Waals surface area contributed by atoms with Gasteiger partial charge in [-0.1, -0.05) is 0 Å². The molecule has 0 aliphatic heterocycles. The zero-order valence-corrected chi connectivity index (χ0v) is 10.1. The first-order chi connectivity index (χ1) is 4.00. The van der Waals surface area contributed by atoms with Crippen molar-refractivity contribution < 1.29 is 15.2 Å². The van der Waals surface area contributed by atoms with Gasteiger partial charge in [-0.2, -0.15) is 0 Å². The zero-order valence-electron chi connectivity index (χ0n) is 4.46. The molecule has 0 rings (SSSR count). The first kappa shape index (κ1) is 22.8. The molecule has 0 atom stereocenters. The molecule has 0 aliphatic carbocycles. The molecular formula is H4Al4O4. The van der Waals surface area contributed by atoms with E-state index >= 15 is 0 Å². The molecule has 0 amide bonds. The summed E-state index contributed by atoms with van der Waals surface area (Å²) in [5.74, 6) is 0. The second kappa shape index (κ2) is 253. The Hall–Kier alpha value is 1.33. The minimum absolute atomic E-state index is 0.611. The molecule has 4 nitrogen and oxygen atoms in total. The molecule has 0 aromatic carbocycles. The van der Waals surface area contributed by atoms with E-state index in [0.717, 1.165) is 0 Å². The van der Waals surface area contributed by atoms with E-state index in [9.17, 15) is 0 Å².